The predicted molar refractivity (Wildman–Crippen MR) is 71.0 cm³/mol. The summed E-state index contributed by atoms with van der Waals surface area (Å²) in [5.74, 6) is 1.01. The molecule has 1 atom stereocenters. The van der Waals surface area contributed by atoms with E-state index in [2.05, 4.69) is 20.5 Å². The molecule has 0 radical (unpaired) electrons. The number of hydrogen-bond acceptors (Lipinski definition) is 6. The average Bonchev–Trinajstić information content (AvgIpc) is 3.09. The fourth-order valence-electron chi connectivity index (χ4n) is 1.53. The smallest absolute Gasteiger partial charge is 0.257 e. The maximum Gasteiger partial charge on any atom is 0.257 e. The van der Waals surface area contributed by atoms with E-state index >= 15 is 0 Å². The number of halogens is 1. The van der Waals surface area contributed by atoms with E-state index in [4.69, 9.17) is 16.0 Å². The van der Waals surface area contributed by atoms with Gasteiger partial charge in [0.25, 0.3) is 5.89 Å². The summed E-state index contributed by atoms with van der Waals surface area (Å²) in [7, 11) is 0. The van der Waals surface area contributed by atoms with Gasteiger partial charge in [-0.15, -0.1) is 38.2 Å². The Bertz CT molecular complexity index is 660. The van der Waals surface area contributed by atoms with E-state index in [-0.39, 0.29) is 5.38 Å². The van der Waals surface area contributed by atoms with Crippen molar-refractivity contribution in [1.29, 1.82) is 0 Å². The third kappa shape index (κ3) is 2.66. The molecule has 3 aromatic rings. The number of rotatable bonds is 4. The van der Waals surface area contributed by atoms with Gasteiger partial charge in [0.2, 0.25) is 5.89 Å². The van der Waals surface area contributed by atoms with Crippen LogP contribution in [0.3, 0.4) is 0 Å². The van der Waals surface area contributed by atoms with Crippen molar-refractivity contribution in [2.24, 2.45) is 0 Å². The van der Waals surface area contributed by atoms with Crippen LogP contribution in [-0.4, -0.2) is 25.2 Å². The number of hydrogen-bond donors (Lipinski definition) is 0. The molecule has 0 saturated heterocycles. The second-order valence-electron chi connectivity index (χ2n) is 3.94. The molecule has 0 aliphatic carbocycles. The summed E-state index contributed by atoms with van der Waals surface area (Å²) in [6, 6.07) is 3.88. The van der Waals surface area contributed by atoms with Gasteiger partial charge in [-0.05, 0) is 18.4 Å². The lowest BCUT2D eigenvalue weighted by atomic mass is 10.4. The van der Waals surface area contributed by atoms with Crippen molar-refractivity contribution in [2.75, 3.05) is 0 Å². The van der Waals surface area contributed by atoms with Crippen molar-refractivity contribution < 1.29 is 4.42 Å². The van der Waals surface area contributed by atoms with E-state index in [1.54, 1.807) is 22.2 Å². The predicted octanol–water partition coefficient (Wildman–Crippen LogP) is 2.74. The first kappa shape index (κ1) is 12.3. The van der Waals surface area contributed by atoms with Crippen LogP contribution in [0.5, 0.6) is 0 Å². The second-order valence-corrected chi connectivity index (χ2v) is 5.54. The van der Waals surface area contributed by atoms with Crippen molar-refractivity contribution in [1.82, 2.24) is 25.2 Å². The lowest BCUT2D eigenvalue weighted by molar-refractivity contribution is 0.470. The molecule has 6 nitrogen and oxygen atoms in total. The van der Waals surface area contributed by atoms with Crippen LogP contribution in [0, 0.1) is 0 Å². The molecule has 0 amide bonds. The van der Waals surface area contributed by atoms with Gasteiger partial charge in [-0.3, -0.25) is 0 Å². The number of nitrogens with zero attached hydrogens (tertiary/aromatic N) is 5. The highest BCUT2D eigenvalue weighted by atomic mass is 35.5. The minimum atomic E-state index is -0.168. The highest BCUT2D eigenvalue weighted by molar-refractivity contribution is 7.13. The topological polar surface area (TPSA) is 69.6 Å². The first-order valence-electron chi connectivity index (χ1n) is 5.63. The summed E-state index contributed by atoms with van der Waals surface area (Å²) in [5, 5.41) is 17.7. The van der Waals surface area contributed by atoms with Gasteiger partial charge in [0.1, 0.15) is 12.2 Å². The van der Waals surface area contributed by atoms with Crippen molar-refractivity contribution in [3.63, 3.8) is 0 Å². The molecule has 0 saturated carbocycles. The Labute approximate surface area is 118 Å². The van der Waals surface area contributed by atoms with E-state index in [1.165, 1.54) is 0 Å². The third-order valence-corrected chi connectivity index (χ3v) is 3.54. The molecule has 0 N–H and O–H groups in total. The summed E-state index contributed by atoms with van der Waals surface area (Å²) in [4.78, 5) is 0.951. The van der Waals surface area contributed by atoms with Gasteiger partial charge in [0.15, 0.2) is 0 Å². The maximum atomic E-state index is 5.93. The molecule has 0 aliphatic rings. The van der Waals surface area contributed by atoms with Crippen LogP contribution in [0.1, 0.15) is 23.9 Å². The van der Waals surface area contributed by atoms with E-state index in [0.717, 1.165) is 10.6 Å². The number of alkyl halides is 1. The monoisotopic (exact) mass is 295 g/mol. The molecule has 3 aromatic heterocycles. The maximum absolute atomic E-state index is 5.93. The first-order valence-corrected chi connectivity index (χ1v) is 6.94. The van der Waals surface area contributed by atoms with E-state index in [1.807, 2.05) is 24.4 Å². The lowest BCUT2D eigenvalue weighted by Gasteiger charge is -1.94. The largest absolute Gasteiger partial charge is 0.418 e. The molecule has 0 spiro atoms. The number of thiophene rings is 1. The summed E-state index contributed by atoms with van der Waals surface area (Å²) < 4.78 is 7.19. The Kier molecular flexibility index (Phi) is 3.31. The fourth-order valence-corrected chi connectivity index (χ4v) is 2.27. The Morgan fingerprint density at radius 3 is 3.00 bits per heavy atom. The van der Waals surface area contributed by atoms with Crippen molar-refractivity contribution >= 4 is 22.9 Å². The summed E-state index contributed by atoms with van der Waals surface area (Å²) in [5.41, 5.74) is 0.722. The summed E-state index contributed by atoms with van der Waals surface area (Å²) >= 11 is 7.48. The molecule has 0 fully saturated rings. The van der Waals surface area contributed by atoms with Crippen LogP contribution in [0.15, 0.2) is 28.1 Å². The van der Waals surface area contributed by atoms with Gasteiger partial charge in [0, 0.05) is 0 Å². The van der Waals surface area contributed by atoms with Gasteiger partial charge >= 0.3 is 0 Å². The van der Waals surface area contributed by atoms with Gasteiger partial charge in [-0.2, -0.15) is 0 Å². The Hall–Kier alpha value is -1.73. The minimum absolute atomic E-state index is 0.168. The quantitative estimate of drug-likeness (QED) is 0.692. The van der Waals surface area contributed by atoms with Gasteiger partial charge in [0.05, 0.1) is 16.5 Å². The molecular weight excluding hydrogens is 286 g/mol. The SMILES string of the molecule is CC(Cl)c1cn(Cc2nnc(-c3cccs3)o2)nn1. The Morgan fingerprint density at radius 2 is 2.32 bits per heavy atom. The molecule has 0 aromatic carbocycles. The van der Waals surface area contributed by atoms with Crippen LogP contribution >= 0.6 is 22.9 Å². The van der Waals surface area contributed by atoms with Crippen LogP contribution in [0.25, 0.3) is 10.8 Å². The van der Waals surface area contributed by atoms with Crippen molar-refractivity contribution in [3.8, 4) is 10.8 Å². The standard InChI is InChI=1S/C11H10ClN5OS/c1-7(12)8-5-17(16-13-8)6-10-14-15-11(18-10)9-3-2-4-19-9/h2-5,7H,6H2,1H3. The van der Waals surface area contributed by atoms with E-state index < -0.39 is 0 Å². The zero-order chi connectivity index (χ0) is 13.2. The third-order valence-electron chi connectivity index (χ3n) is 2.46. The van der Waals surface area contributed by atoms with Crippen molar-refractivity contribution in [2.45, 2.75) is 18.8 Å². The van der Waals surface area contributed by atoms with E-state index in [9.17, 15) is 0 Å². The molecule has 0 aliphatic heterocycles. The fraction of sp³-hybridized carbons (Fsp3) is 0.273. The molecule has 98 valence electrons. The normalized spacial score (nSPS) is 12.7. The number of aromatic nitrogens is 5. The van der Waals surface area contributed by atoms with Gasteiger partial charge in [-0.1, -0.05) is 11.3 Å². The van der Waals surface area contributed by atoms with E-state index in [0.29, 0.717) is 18.3 Å². The molecule has 0 bridgehead atoms. The Balaban J connectivity index is 1.76. The Morgan fingerprint density at radius 1 is 1.42 bits per heavy atom. The first-order chi connectivity index (χ1) is 9.22. The van der Waals surface area contributed by atoms with Crippen LogP contribution in [0.2, 0.25) is 0 Å². The molecule has 19 heavy (non-hydrogen) atoms. The zero-order valence-corrected chi connectivity index (χ0v) is 11.6. The molecule has 3 rings (SSSR count). The zero-order valence-electron chi connectivity index (χ0n) is 10.0. The van der Waals surface area contributed by atoms with Crippen LogP contribution < -0.4 is 0 Å². The van der Waals surface area contributed by atoms with Crippen LogP contribution in [-0.2, 0) is 6.54 Å². The summed E-state index contributed by atoms with van der Waals surface area (Å²) in [6.07, 6.45) is 1.77. The van der Waals surface area contributed by atoms with Crippen molar-refractivity contribution in [3.05, 3.63) is 35.3 Å². The average molecular weight is 296 g/mol. The lowest BCUT2D eigenvalue weighted by Crippen LogP contribution is -2.00. The summed E-state index contributed by atoms with van der Waals surface area (Å²) in [6.45, 7) is 2.23. The molecular formula is C11H10ClN5OS. The molecule has 1 unspecified atom stereocenters. The van der Waals surface area contributed by atoms with Crippen LogP contribution in [0.4, 0.5) is 0 Å². The van der Waals surface area contributed by atoms with Gasteiger partial charge < -0.3 is 4.42 Å². The highest BCUT2D eigenvalue weighted by Gasteiger charge is 2.12. The minimum Gasteiger partial charge on any atom is -0.418 e. The molecule has 8 heteroatoms. The van der Waals surface area contributed by atoms with Gasteiger partial charge in [-0.25, -0.2) is 4.68 Å². The second kappa shape index (κ2) is 5.10. The molecule has 3 heterocycles. The highest BCUT2D eigenvalue weighted by Crippen LogP contribution is 2.23.